The Morgan fingerprint density at radius 1 is 0.914 bits per heavy atom. The molecule has 0 amide bonds. The standard InChI is InChI=1S/C29H37Cl2NO3/c1-3-5-6-7-8-9-10-11-12-24-13-15-26(16-14-24)22-32(35-23-29(33)34-4-2)20-19-25-17-18-27(30)28(31)21-25/h13-18,21H,3-10,19-20,22-23H2,1-2H3. The Kier molecular flexibility index (Phi) is 14.5. The van der Waals surface area contributed by atoms with Crippen molar-refractivity contribution in [1.29, 1.82) is 0 Å². The van der Waals surface area contributed by atoms with Gasteiger partial charge in [-0.3, -0.25) is 4.84 Å². The van der Waals surface area contributed by atoms with Crippen LogP contribution in [0.3, 0.4) is 0 Å². The van der Waals surface area contributed by atoms with E-state index < -0.39 is 0 Å². The fraction of sp³-hybridized carbons (Fsp3) is 0.483. The molecule has 0 aromatic heterocycles. The van der Waals surface area contributed by atoms with Crippen molar-refractivity contribution in [1.82, 2.24) is 5.06 Å². The number of carbonyl (C=O) groups excluding carboxylic acids is 1. The van der Waals surface area contributed by atoms with Gasteiger partial charge in [-0.2, -0.15) is 5.06 Å². The SMILES string of the molecule is CCCCCCCCC#Cc1ccc(CN(CCc2ccc(Cl)c(Cl)c2)OCC(=O)OCC)cc1. The summed E-state index contributed by atoms with van der Waals surface area (Å²) in [5, 5.41) is 2.83. The topological polar surface area (TPSA) is 38.8 Å². The lowest BCUT2D eigenvalue weighted by Gasteiger charge is -2.22. The van der Waals surface area contributed by atoms with Crippen LogP contribution in [-0.4, -0.2) is 30.8 Å². The third-order valence-electron chi connectivity index (χ3n) is 5.51. The second-order valence-electron chi connectivity index (χ2n) is 8.46. The van der Waals surface area contributed by atoms with E-state index in [9.17, 15) is 4.79 Å². The molecule has 6 heteroatoms. The van der Waals surface area contributed by atoms with Gasteiger partial charge in [0.1, 0.15) is 0 Å². The molecule has 0 bridgehead atoms. The molecule has 0 saturated heterocycles. The fourth-order valence-electron chi connectivity index (χ4n) is 3.54. The predicted molar refractivity (Wildman–Crippen MR) is 144 cm³/mol. The summed E-state index contributed by atoms with van der Waals surface area (Å²) < 4.78 is 4.99. The van der Waals surface area contributed by atoms with E-state index in [0.29, 0.717) is 36.2 Å². The zero-order valence-corrected chi connectivity index (χ0v) is 22.5. The molecule has 0 heterocycles. The summed E-state index contributed by atoms with van der Waals surface area (Å²) in [6.45, 7) is 5.33. The number of benzene rings is 2. The highest BCUT2D eigenvalue weighted by molar-refractivity contribution is 6.42. The monoisotopic (exact) mass is 517 g/mol. The van der Waals surface area contributed by atoms with Crippen molar-refractivity contribution in [3.63, 3.8) is 0 Å². The largest absolute Gasteiger partial charge is 0.464 e. The summed E-state index contributed by atoms with van der Waals surface area (Å²) >= 11 is 12.2. The molecule has 2 aromatic carbocycles. The van der Waals surface area contributed by atoms with Gasteiger partial charge in [0.25, 0.3) is 0 Å². The van der Waals surface area contributed by atoms with E-state index in [4.69, 9.17) is 32.8 Å². The maximum Gasteiger partial charge on any atom is 0.334 e. The van der Waals surface area contributed by atoms with Crippen LogP contribution in [0.1, 0.15) is 75.5 Å². The zero-order valence-electron chi connectivity index (χ0n) is 21.0. The van der Waals surface area contributed by atoms with Gasteiger partial charge in [-0.25, -0.2) is 4.79 Å². The minimum absolute atomic E-state index is 0.128. The number of ether oxygens (including phenoxy) is 1. The Morgan fingerprint density at radius 2 is 1.63 bits per heavy atom. The number of hydrogen-bond donors (Lipinski definition) is 0. The number of halogens is 2. The van der Waals surface area contributed by atoms with Crippen LogP contribution < -0.4 is 0 Å². The van der Waals surface area contributed by atoms with E-state index >= 15 is 0 Å². The quantitative estimate of drug-likeness (QED) is 0.105. The van der Waals surface area contributed by atoms with Gasteiger partial charge in [-0.15, -0.1) is 0 Å². The first-order valence-electron chi connectivity index (χ1n) is 12.6. The molecule has 0 saturated carbocycles. The normalized spacial score (nSPS) is 10.8. The second kappa shape index (κ2) is 17.4. The summed E-state index contributed by atoms with van der Waals surface area (Å²) in [4.78, 5) is 17.6. The Balaban J connectivity index is 1.89. The highest BCUT2D eigenvalue weighted by Gasteiger charge is 2.12. The van der Waals surface area contributed by atoms with Gasteiger partial charge < -0.3 is 4.74 Å². The van der Waals surface area contributed by atoms with E-state index in [1.807, 2.05) is 24.3 Å². The minimum Gasteiger partial charge on any atom is -0.464 e. The van der Waals surface area contributed by atoms with Crippen molar-refractivity contribution in [2.45, 2.75) is 71.8 Å². The average Bonchev–Trinajstić information content (AvgIpc) is 2.85. The second-order valence-corrected chi connectivity index (χ2v) is 9.27. The highest BCUT2D eigenvalue weighted by atomic mass is 35.5. The van der Waals surface area contributed by atoms with E-state index in [2.05, 4.69) is 30.9 Å². The molecule has 0 aliphatic carbocycles. The Labute approximate surface area is 220 Å². The molecule has 190 valence electrons. The molecule has 0 radical (unpaired) electrons. The Bertz CT molecular complexity index is 951. The first kappa shape index (κ1) is 29.2. The Morgan fingerprint density at radius 3 is 2.34 bits per heavy atom. The van der Waals surface area contributed by atoms with Crippen LogP contribution in [0, 0.1) is 11.8 Å². The molecule has 0 fully saturated rings. The van der Waals surface area contributed by atoms with Gasteiger partial charge in [-0.05, 0) is 55.2 Å². The summed E-state index contributed by atoms with van der Waals surface area (Å²) in [7, 11) is 0. The third-order valence-corrected chi connectivity index (χ3v) is 6.24. The predicted octanol–water partition coefficient (Wildman–Crippen LogP) is 7.63. The summed E-state index contributed by atoms with van der Waals surface area (Å²) in [5.41, 5.74) is 3.12. The van der Waals surface area contributed by atoms with Crippen molar-refractivity contribution < 1.29 is 14.4 Å². The van der Waals surface area contributed by atoms with E-state index in [0.717, 1.165) is 23.1 Å². The van der Waals surface area contributed by atoms with Crippen LogP contribution in [0.4, 0.5) is 0 Å². The van der Waals surface area contributed by atoms with Crippen molar-refractivity contribution in [3.8, 4) is 11.8 Å². The lowest BCUT2D eigenvalue weighted by atomic mass is 10.1. The highest BCUT2D eigenvalue weighted by Crippen LogP contribution is 2.23. The molecule has 2 aromatic rings. The number of unbranched alkanes of at least 4 members (excludes halogenated alkanes) is 6. The number of esters is 1. The van der Waals surface area contributed by atoms with E-state index in [-0.39, 0.29) is 12.6 Å². The number of hydrogen-bond acceptors (Lipinski definition) is 4. The summed E-state index contributed by atoms with van der Waals surface area (Å²) in [6, 6.07) is 13.7. The van der Waals surface area contributed by atoms with Gasteiger partial charge in [0, 0.05) is 25.1 Å². The number of nitrogens with zero attached hydrogens (tertiary/aromatic N) is 1. The zero-order chi connectivity index (χ0) is 25.3. The minimum atomic E-state index is -0.386. The fourth-order valence-corrected chi connectivity index (χ4v) is 3.86. The number of rotatable bonds is 15. The van der Waals surface area contributed by atoms with Gasteiger partial charge in [-0.1, -0.05) is 92.3 Å². The van der Waals surface area contributed by atoms with Crippen LogP contribution in [-0.2, 0) is 27.3 Å². The smallest absolute Gasteiger partial charge is 0.334 e. The molecular weight excluding hydrogens is 481 g/mol. The van der Waals surface area contributed by atoms with Crippen molar-refractivity contribution in [3.05, 3.63) is 69.2 Å². The molecule has 35 heavy (non-hydrogen) atoms. The first-order chi connectivity index (χ1) is 17.0. The lowest BCUT2D eigenvalue weighted by Crippen LogP contribution is -2.29. The third kappa shape index (κ3) is 12.5. The molecule has 0 aliphatic rings. The van der Waals surface area contributed by atoms with Gasteiger partial charge in [0.2, 0.25) is 0 Å². The van der Waals surface area contributed by atoms with Crippen LogP contribution >= 0.6 is 23.2 Å². The summed E-state index contributed by atoms with van der Waals surface area (Å²) in [5.74, 6) is 6.16. The van der Waals surface area contributed by atoms with E-state index in [1.165, 1.54) is 38.5 Å². The maximum absolute atomic E-state index is 11.8. The van der Waals surface area contributed by atoms with Crippen LogP contribution in [0.15, 0.2) is 42.5 Å². The number of carbonyl (C=O) groups is 1. The average molecular weight is 519 g/mol. The summed E-state index contributed by atoms with van der Waals surface area (Å²) in [6.07, 6.45) is 9.32. The van der Waals surface area contributed by atoms with Crippen LogP contribution in [0.2, 0.25) is 10.0 Å². The van der Waals surface area contributed by atoms with Gasteiger partial charge in [0.15, 0.2) is 6.61 Å². The van der Waals surface area contributed by atoms with Crippen molar-refractivity contribution in [2.24, 2.45) is 0 Å². The number of hydroxylamine groups is 2. The Hall–Kier alpha value is -2.03. The van der Waals surface area contributed by atoms with Gasteiger partial charge in [0.05, 0.1) is 16.7 Å². The van der Waals surface area contributed by atoms with Gasteiger partial charge >= 0.3 is 5.97 Å². The van der Waals surface area contributed by atoms with Crippen molar-refractivity contribution >= 4 is 29.2 Å². The lowest BCUT2D eigenvalue weighted by molar-refractivity contribution is -0.188. The molecule has 0 unspecified atom stereocenters. The van der Waals surface area contributed by atoms with E-state index in [1.54, 1.807) is 18.1 Å². The maximum atomic E-state index is 11.8. The molecule has 0 N–H and O–H groups in total. The molecule has 2 rings (SSSR count). The molecule has 0 atom stereocenters. The molecule has 4 nitrogen and oxygen atoms in total. The van der Waals surface area contributed by atoms with Crippen molar-refractivity contribution in [2.75, 3.05) is 19.8 Å². The molecule has 0 spiro atoms. The molecular formula is C29H37Cl2NO3. The van der Waals surface area contributed by atoms with Crippen LogP contribution in [0.5, 0.6) is 0 Å². The first-order valence-corrected chi connectivity index (χ1v) is 13.3. The van der Waals surface area contributed by atoms with Crippen LogP contribution in [0.25, 0.3) is 0 Å². The molecule has 0 aliphatic heterocycles.